The molecule has 1 heterocycles. The summed E-state index contributed by atoms with van der Waals surface area (Å²) in [5, 5.41) is 2.35. The van der Waals surface area contributed by atoms with Crippen LogP contribution in [0.25, 0.3) is 0 Å². The van der Waals surface area contributed by atoms with Gasteiger partial charge in [-0.25, -0.2) is 33.0 Å². The molecular weight excluding hydrogens is 571 g/mol. The Kier molecular flexibility index (Phi) is 10.4. The van der Waals surface area contributed by atoms with E-state index >= 15 is 0 Å². The second-order valence-electron chi connectivity index (χ2n) is 9.54. The fourth-order valence-corrected chi connectivity index (χ4v) is 3.37. The van der Waals surface area contributed by atoms with Crippen LogP contribution in [0.3, 0.4) is 0 Å². The lowest BCUT2D eigenvalue weighted by atomic mass is 10.0. The highest BCUT2D eigenvalue weighted by Crippen LogP contribution is 2.30. The standard InChI is InChI=1S/C27H25F5N4O6/c1-27(2,3)42-25(38)34-21(15-10-7-11-33-12-15)22(35-36-26(39)40-13-14-8-5-4-6-9-14)24(37)41-23-19(31)17(29)16(28)18(30)20(23)32/h4-12,21-22,35H,13H2,1-3H3,(H,34,38)(H,36,39)/t21-,22+/m1/s1. The van der Waals surface area contributed by atoms with Crippen molar-refractivity contribution in [2.45, 2.75) is 45.1 Å². The third kappa shape index (κ3) is 8.36. The predicted octanol–water partition coefficient (Wildman–Crippen LogP) is 4.75. The Bertz CT molecular complexity index is 1400. The summed E-state index contributed by atoms with van der Waals surface area (Å²) in [4.78, 5) is 42.2. The Balaban J connectivity index is 1.94. The molecule has 3 N–H and O–H groups in total. The van der Waals surface area contributed by atoms with Crippen molar-refractivity contribution in [3.63, 3.8) is 0 Å². The van der Waals surface area contributed by atoms with Gasteiger partial charge in [-0.05, 0) is 38.0 Å². The molecule has 1 aromatic heterocycles. The van der Waals surface area contributed by atoms with Crippen molar-refractivity contribution in [2.24, 2.45) is 0 Å². The fourth-order valence-electron chi connectivity index (χ4n) is 3.37. The molecule has 0 bridgehead atoms. The van der Waals surface area contributed by atoms with Crippen molar-refractivity contribution in [2.75, 3.05) is 0 Å². The van der Waals surface area contributed by atoms with Crippen LogP contribution in [-0.2, 0) is 20.9 Å². The van der Waals surface area contributed by atoms with Crippen LogP contribution >= 0.6 is 0 Å². The second kappa shape index (κ2) is 13.7. The number of hydrogen-bond donors (Lipinski definition) is 3. The van der Waals surface area contributed by atoms with E-state index in [1.165, 1.54) is 24.5 Å². The molecule has 10 nitrogen and oxygen atoms in total. The van der Waals surface area contributed by atoms with Gasteiger partial charge in [-0.15, -0.1) is 0 Å². The summed E-state index contributed by atoms with van der Waals surface area (Å²) >= 11 is 0. The molecule has 0 unspecified atom stereocenters. The van der Waals surface area contributed by atoms with E-state index in [9.17, 15) is 36.3 Å². The first-order valence-corrected chi connectivity index (χ1v) is 12.1. The van der Waals surface area contributed by atoms with Crippen LogP contribution in [0, 0.1) is 29.1 Å². The number of benzene rings is 2. The summed E-state index contributed by atoms with van der Waals surface area (Å²) in [6, 6.07) is 7.70. The number of amides is 2. The van der Waals surface area contributed by atoms with E-state index < -0.39 is 70.7 Å². The molecule has 2 amide bonds. The van der Waals surface area contributed by atoms with Gasteiger partial charge in [0.2, 0.25) is 34.8 Å². The summed E-state index contributed by atoms with van der Waals surface area (Å²) in [6.07, 6.45) is 0.313. The molecule has 3 aromatic rings. The molecule has 0 aliphatic heterocycles. The summed E-state index contributed by atoms with van der Waals surface area (Å²) in [5.74, 6) is -15.6. The molecule has 0 saturated heterocycles. The number of esters is 1. The van der Waals surface area contributed by atoms with Crippen molar-refractivity contribution < 1.29 is 50.5 Å². The Morgan fingerprint density at radius 2 is 1.48 bits per heavy atom. The molecule has 2 aromatic carbocycles. The number of pyridine rings is 1. The number of carbonyl (C=O) groups is 3. The Labute approximate surface area is 236 Å². The van der Waals surface area contributed by atoms with E-state index in [1.54, 1.807) is 51.1 Å². The highest BCUT2D eigenvalue weighted by Gasteiger charge is 2.37. The Morgan fingerprint density at radius 3 is 2.05 bits per heavy atom. The average molecular weight is 597 g/mol. The third-order valence-corrected chi connectivity index (χ3v) is 5.22. The highest BCUT2D eigenvalue weighted by molar-refractivity contribution is 5.81. The highest BCUT2D eigenvalue weighted by atomic mass is 19.2. The molecule has 42 heavy (non-hydrogen) atoms. The van der Waals surface area contributed by atoms with Crippen LogP contribution in [0.5, 0.6) is 5.75 Å². The van der Waals surface area contributed by atoms with Gasteiger partial charge in [0.1, 0.15) is 18.2 Å². The molecule has 0 radical (unpaired) electrons. The van der Waals surface area contributed by atoms with Gasteiger partial charge in [0.25, 0.3) is 0 Å². The van der Waals surface area contributed by atoms with E-state index in [-0.39, 0.29) is 12.2 Å². The number of nitrogens with one attached hydrogen (secondary N) is 3. The maximum absolute atomic E-state index is 14.3. The molecular formula is C27H25F5N4O6. The minimum Gasteiger partial charge on any atom is -0.444 e. The molecule has 224 valence electrons. The van der Waals surface area contributed by atoms with Crippen molar-refractivity contribution in [1.29, 1.82) is 0 Å². The number of hydrogen-bond acceptors (Lipinski definition) is 8. The van der Waals surface area contributed by atoms with Gasteiger partial charge in [0, 0.05) is 12.4 Å². The quantitative estimate of drug-likeness (QED) is 0.0807. The SMILES string of the molecule is CC(C)(C)OC(=O)N[C@H](c1cccnc1)[C@H](NNC(=O)OCc1ccccc1)C(=O)Oc1c(F)c(F)c(F)c(F)c1F. The Morgan fingerprint density at radius 1 is 0.857 bits per heavy atom. The van der Waals surface area contributed by atoms with Gasteiger partial charge in [0.15, 0.2) is 0 Å². The first-order chi connectivity index (χ1) is 19.8. The number of aromatic nitrogens is 1. The zero-order valence-corrected chi connectivity index (χ0v) is 22.3. The molecule has 0 fully saturated rings. The van der Waals surface area contributed by atoms with Crippen LogP contribution in [0.15, 0.2) is 54.9 Å². The minimum absolute atomic E-state index is 0.0784. The molecule has 2 atom stereocenters. The number of carbonyl (C=O) groups excluding carboxylic acids is 3. The topological polar surface area (TPSA) is 128 Å². The van der Waals surface area contributed by atoms with Crippen molar-refractivity contribution >= 4 is 18.2 Å². The molecule has 0 spiro atoms. The summed E-state index contributed by atoms with van der Waals surface area (Å²) in [7, 11) is 0. The van der Waals surface area contributed by atoms with Gasteiger partial charge >= 0.3 is 18.2 Å². The minimum atomic E-state index is -2.47. The first kappa shape index (κ1) is 31.7. The lowest BCUT2D eigenvalue weighted by molar-refractivity contribution is -0.138. The third-order valence-electron chi connectivity index (χ3n) is 5.22. The van der Waals surface area contributed by atoms with E-state index in [0.717, 1.165) is 0 Å². The van der Waals surface area contributed by atoms with E-state index in [4.69, 9.17) is 9.47 Å². The van der Waals surface area contributed by atoms with E-state index in [0.29, 0.717) is 5.56 Å². The van der Waals surface area contributed by atoms with Gasteiger partial charge in [-0.2, -0.15) is 8.78 Å². The van der Waals surface area contributed by atoms with Crippen molar-refractivity contribution in [1.82, 2.24) is 21.2 Å². The van der Waals surface area contributed by atoms with Crippen molar-refractivity contribution in [3.05, 3.63) is 95.1 Å². The van der Waals surface area contributed by atoms with Crippen LogP contribution in [0.1, 0.15) is 37.9 Å². The number of ether oxygens (including phenoxy) is 3. The van der Waals surface area contributed by atoms with Crippen LogP contribution < -0.4 is 20.9 Å². The number of hydrazine groups is 1. The number of alkyl carbamates (subject to hydrolysis) is 1. The molecule has 0 saturated carbocycles. The molecule has 0 aliphatic carbocycles. The lowest BCUT2D eigenvalue weighted by Crippen LogP contribution is -2.56. The van der Waals surface area contributed by atoms with Gasteiger partial charge < -0.3 is 19.5 Å². The lowest BCUT2D eigenvalue weighted by Gasteiger charge is -2.29. The van der Waals surface area contributed by atoms with Gasteiger partial charge in [-0.1, -0.05) is 36.4 Å². The first-order valence-electron chi connectivity index (χ1n) is 12.1. The van der Waals surface area contributed by atoms with Crippen LogP contribution in [0.2, 0.25) is 0 Å². The molecule has 3 rings (SSSR count). The van der Waals surface area contributed by atoms with Crippen LogP contribution in [-0.4, -0.2) is 34.8 Å². The Hall–Kier alpha value is -4.79. The zero-order valence-electron chi connectivity index (χ0n) is 22.3. The predicted molar refractivity (Wildman–Crippen MR) is 135 cm³/mol. The number of halogens is 5. The maximum atomic E-state index is 14.3. The second-order valence-corrected chi connectivity index (χ2v) is 9.54. The summed E-state index contributed by atoms with van der Waals surface area (Å²) < 4.78 is 84.5. The smallest absolute Gasteiger partial charge is 0.421 e. The average Bonchev–Trinajstić information content (AvgIpc) is 2.95. The van der Waals surface area contributed by atoms with Gasteiger partial charge in [0.05, 0.1) is 6.04 Å². The number of nitrogens with zero attached hydrogens (tertiary/aromatic N) is 1. The van der Waals surface area contributed by atoms with Crippen molar-refractivity contribution in [3.8, 4) is 5.75 Å². The maximum Gasteiger partial charge on any atom is 0.421 e. The van der Waals surface area contributed by atoms with Crippen LogP contribution in [0.4, 0.5) is 31.5 Å². The molecule has 15 heteroatoms. The normalized spacial score (nSPS) is 12.6. The zero-order chi connectivity index (χ0) is 31.0. The summed E-state index contributed by atoms with van der Waals surface area (Å²) in [6.45, 7) is 4.44. The molecule has 0 aliphatic rings. The largest absolute Gasteiger partial charge is 0.444 e. The van der Waals surface area contributed by atoms with E-state index in [2.05, 4.69) is 20.5 Å². The number of rotatable bonds is 9. The van der Waals surface area contributed by atoms with Gasteiger partial charge in [-0.3, -0.25) is 10.4 Å². The summed E-state index contributed by atoms with van der Waals surface area (Å²) in [5.41, 5.74) is 3.92. The monoisotopic (exact) mass is 596 g/mol. The van der Waals surface area contributed by atoms with E-state index in [1.807, 2.05) is 5.43 Å². The fraction of sp³-hybridized carbons (Fsp3) is 0.259.